The molecule has 0 fully saturated rings. The zero-order valence-electron chi connectivity index (χ0n) is 12.8. The highest BCUT2D eigenvalue weighted by Crippen LogP contribution is 2.64. The van der Waals surface area contributed by atoms with E-state index in [0.717, 1.165) is 0 Å². The standard InChI is InChI=1S/C15H34OP/c1-6-9-12-17(13-10-7-2,14-11-8-3)15(4)16-5/h15H,6-14H2,1-5H3/q+1. The van der Waals surface area contributed by atoms with E-state index in [4.69, 9.17) is 4.74 Å². The molecule has 1 atom stereocenters. The van der Waals surface area contributed by atoms with Gasteiger partial charge in [-0.3, -0.25) is 0 Å². The van der Waals surface area contributed by atoms with Gasteiger partial charge in [0.15, 0.2) is 5.85 Å². The van der Waals surface area contributed by atoms with E-state index in [1.807, 2.05) is 7.11 Å². The highest BCUT2D eigenvalue weighted by molar-refractivity contribution is 7.76. The van der Waals surface area contributed by atoms with E-state index in [2.05, 4.69) is 27.7 Å². The summed E-state index contributed by atoms with van der Waals surface area (Å²) >= 11 is 0. The Balaban J connectivity index is 4.63. The average molecular weight is 261 g/mol. The monoisotopic (exact) mass is 261 g/mol. The van der Waals surface area contributed by atoms with Gasteiger partial charge in [0.2, 0.25) is 0 Å². The van der Waals surface area contributed by atoms with E-state index in [9.17, 15) is 0 Å². The molecule has 0 aromatic rings. The molecule has 0 heterocycles. The Bertz CT molecular complexity index is 149. The second kappa shape index (κ2) is 10.3. The predicted molar refractivity (Wildman–Crippen MR) is 82.7 cm³/mol. The molecule has 0 spiro atoms. The van der Waals surface area contributed by atoms with E-state index in [1.165, 1.54) is 57.0 Å². The lowest BCUT2D eigenvalue weighted by Gasteiger charge is -2.32. The first kappa shape index (κ1) is 17.4. The average Bonchev–Trinajstić information content (AvgIpc) is 2.37. The molecule has 0 aliphatic rings. The molecular formula is C15H34OP+. The number of hydrogen-bond acceptors (Lipinski definition) is 1. The van der Waals surface area contributed by atoms with Crippen LogP contribution < -0.4 is 0 Å². The van der Waals surface area contributed by atoms with Crippen molar-refractivity contribution in [3.8, 4) is 0 Å². The molecule has 0 aliphatic heterocycles. The van der Waals surface area contributed by atoms with Crippen molar-refractivity contribution in [2.75, 3.05) is 25.6 Å². The lowest BCUT2D eigenvalue weighted by atomic mass is 10.4. The van der Waals surface area contributed by atoms with Crippen LogP contribution in [0.2, 0.25) is 0 Å². The van der Waals surface area contributed by atoms with Crippen LogP contribution >= 0.6 is 7.26 Å². The van der Waals surface area contributed by atoms with Gasteiger partial charge in [-0.15, -0.1) is 0 Å². The van der Waals surface area contributed by atoms with Gasteiger partial charge in [-0.1, -0.05) is 40.0 Å². The smallest absolute Gasteiger partial charge is 0.163 e. The molecule has 104 valence electrons. The van der Waals surface area contributed by atoms with Gasteiger partial charge < -0.3 is 4.74 Å². The summed E-state index contributed by atoms with van der Waals surface area (Å²) in [6, 6.07) is 0. The topological polar surface area (TPSA) is 9.23 Å². The Morgan fingerprint density at radius 2 is 1.18 bits per heavy atom. The van der Waals surface area contributed by atoms with Crippen LogP contribution in [-0.2, 0) is 4.74 Å². The van der Waals surface area contributed by atoms with Crippen molar-refractivity contribution in [1.29, 1.82) is 0 Å². The molecule has 1 nitrogen and oxygen atoms in total. The first-order valence-electron chi connectivity index (χ1n) is 7.55. The molecule has 0 radical (unpaired) electrons. The van der Waals surface area contributed by atoms with Crippen molar-refractivity contribution in [3.05, 3.63) is 0 Å². The molecule has 0 aliphatic carbocycles. The SMILES string of the molecule is CCCC[P+](CCCC)(CCCC)C(C)OC. The van der Waals surface area contributed by atoms with E-state index >= 15 is 0 Å². The maximum absolute atomic E-state index is 5.76. The Hall–Kier alpha value is 0.390. The summed E-state index contributed by atoms with van der Waals surface area (Å²) in [5, 5.41) is 0. The van der Waals surface area contributed by atoms with E-state index in [1.54, 1.807) is 0 Å². The van der Waals surface area contributed by atoms with Crippen LogP contribution in [0.5, 0.6) is 0 Å². The summed E-state index contributed by atoms with van der Waals surface area (Å²) in [6.45, 7) is 9.26. The van der Waals surface area contributed by atoms with Gasteiger partial charge in [0, 0.05) is 14.4 Å². The maximum Gasteiger partial charge on any atom is 0.163 e. The summed E-state index contributed by atoms with van der Waals surface area (Å²) in [7, 11) is 1.05. The van der Waals surface area contributed by atoms with Crippen LogP contribution in [0.25, 0.3) is 0 Å². The third-order valence-electron chi connectivity index (χ3n) is 3.98. The van der Waals surface area contributed by atoms with Gasteiger partial charge in [-0.05, 0) is 26.2 Å². The van der Waals surface area contributed by atoms with Crippen LogP contribution in [0.1, 0.15) is 66.2 Å². The van der Waals surface area contributed by atoms with Crippen molar-refractivity contribution in [2.24, 2.45) is 0 Å². The first-order chi connectivity index (χ1) is 8.16. The summed E-state index contributed by atoms with van der Waals surface area (Å²) in [5.74, 6) is 0.521. The Labute approximate surface area is 110 Å². The number of rotatable bonds is 11. The maximum atomic E-state index is 5.76. The van der Waals surface area contributed by atoms with Crippen LogP contribution in [0.3, 0.4) is 0 Å². The highest BCUT2D eigenvalue weighted by atomic mass is 31.2. The second-order valence-electron chi connectivity index (χ2n) is 5.29. The molecular weight excluding hydrogens is 227 g/mol. The zero-order chi connectivity index (χ0) is 13.1. The van der Waals surface area contributed by atoms with Gasteiger partial charge in [0.1, 0.15) is 0 Å². The van der Waals surface area contributed by atoms with Crippen molar-refractivity contribution in [2.45, 2.75) is 72.1 Å². The lowest BCUT2D eigenvalue weighted by molar-refractivity contribution is 0.179. The largest absolute Gasteiger partial charge is 0.347 e. The molecule has 0 amide bonds. The number of methoxy groups -OCH3 is 1. The molecule has 0 saturated heterocycles. The summed E-state index contributed by atoms with van der Waals surface area (Å²) in [4.78, 5) is 0. The van der Waals surface area contributed by atoms with E-state index < -0.39 is 7.26 Å². The molecule has 0 rings (SSSR count). The number of unbranched alkanes of at least 4 members (excludes halogenated alkanes) is 3. The quantitative estimate of drug-likeness (QED) is 0.453. The first-order valence-corrected chi connectivity index (χ1v) is 9.96. The lowest BCUT2D eigenvalue weighted by Crippen LogP contribution is -2.21. The fourth-order valence-corrected chi connectivity index (χ4v) is 7.57. The predicted octanol–water partition coefficient (Wildman–Crippen LogP) is 5.40. The number of hydrogen-bond donors (Lipinski definition) is 0. The molecule has 0 aromatic carbocycles. The second-order valence-corrected chi connectivity index (χ2v) is 9.79. The minimum atomic E-state index is -0.859. The zero-order valence-corrected chi connectivity index (χ0v) is 13.7. The molecule has 17 heavy (non-hydrogen) atoms. The molecule has 1 unspecified atom stereocenters. The van der Waals surface area contributed by atoms with Gasteiger partial charge in [0.25, 0.3) is 0 Å². The van der Waals surface area contributed by atoms with Gasteiger partial charge in [-0.25, -0.2) is 0 Å². The van der Waals surface area contributed by atoms with Crippen LogP contribution in [0.15, 0.2) is 0 Å². The molecule has 0 bridgehead atoms. The van der Waals surface area contributed by atoms with Crippen molar-refractivity contribution < 1.29 is 4.74 Å². The van der Waals surface area contributed by atoms with E-state index in [0.29, 0.717) is 5.85 Å². The molecule has 2 heteroatoms. The summed E-state index contributed by atoms with van der Waals surface area (Å²) in [6.07, 6.45) is 12.6. The van der Waals surface area contributed by atoms with Crippen LogP contribution in [0, 0.1) is 0 Å². The fourth-order valence-electron chi connectivity index (χ4n) is 2.52. The van der Waals surface area contributed by atoms with Gasteiger partial charge >= 0.3 is 0 Å². The van der Waals surface area contributed by atoms with Gasteiger partial charge in [0.05, 0.1) is 18.5 Å². The minimum Gasteiger partial charge on any atom is -0.347 e. The third kappa shape index (κ3) is 6.20. The Kier molecular flexibility index (Phi) is 10.6. The minimum absolute atomic E-state index is 0.521. The van der Waals surface area contributed by atoms with Crippen molar-refractivity contribution in [3.63, 3.8) is 0 Å². The summed E-state index contributed by atoms with van der Waals surface area (Å²) < 4.78 is 5.76. The van der Waals surface area contributed by atoms with Crippen molar-refractivity contribution in [1.82, 2.24) is 0 Å². The third-order valence-corrected chi connectivity index (χ3v) is 9.36. The number of ether oxygens (including phenoxy) is 1. The molecule has 0 aromatic heterocycles. The van der Waals surface area contributed by atoms with E-state index in [-0.39, 0.29) is 0 Å². The van der Waals surface area contributed by atoms with Crippen LogP contribution in [-0.4, -0.2) is 31.4 Å². The van der Waals surface area contributed by atoms with Crippen molar-refractivity contribution >= 4 is 7.26 Å². The normalized spacial score (nSPS) is 13.9. The fraction of sp³-hybridized carbons (Fsp3) is 1.00. The highest BCUT2D eigenvalue weighted by Gasteiger charge is 2.41. The Morgan fingerprint density at radius 1 is 0.824 bits per heavy atom. The van der Waals surface area contributed by atoms with Gasteiger partial charge in [-0.2, -0.15) is 0 Å². The molecule has 0 saturated carbocycles. The van der Waals surface area contributed by atoms with Crippen LogP contribution in [0.4, 0.5) is 0 Å². The Morgan fingerprint density at radius 3 is 1.41 bits per heavy atom. The summed E-state index contributed by atoms with van der Waals surface area (Å²) in [5.41, 5.74) is 0. The molecule has 0 N–H and O–H groups in total.